The van der Waals surface area contributed by atoms with E-state index in [1.165, 1.54) is 0 Å². The third-order valence-corrected chi connectivity index (χ3v) is 4.63. The Labute approximate surface area is 183 Å². The molecule has 154 valence electrons. The number of aromatic amines is 1. The molecule has 0 aliphatic heterocycles. The van der Waals surface area contributed by atoms with Gasteiger partial charge in [-0.25, -0.2) is 9.67 Å². The van der Waals surface area contributed by atoms with Crippen LogP contribution in [0.15, 0.2) is 48.9 Å². The summed E-state index contributed by atoms with van der Waals surface area (Å²) in [6, 6.07) is 9.16. The predicted molar refractivity (Wildman–Crippen MR) is 116 cm³/mol. The monoisotopic (exact) mass is 443 g/mol. The van der Waals surface area contributed by atoms with Crippen LogP contribution < -0.4 is 10.1 Å². The Hall–Kier alpha value is -3.10. The molecule has 4 rings (SSSR count). The van der Waals surface area contributed by atoms with Gasteiger partial charge in [-0.05, 0) is 44.2 Å². The lowest BCUT2D eigenvalue weighted by molar-refractivity contribution is 0.242. The van der Waals surface area contributed by atoms with Crippen molar-refractivity contribution in [2.24, 2.45) is 0 Å². The lowest BCUT2D eigenvalue weighted by Gasteiger charge is -2.12. The predicted octanol–water partition coefficient (Wildman–Crippen LogP) is 4.76. The van der Waals surface area contributed by atoms with Gasteiger partial charge in [0.25, 0.3) is 0 Å². The number of hydrogen-bond acceptors (Lipinski definition) is 6. The smallest absolute Gasteiger partial charge is 0.138 e. The molecule has 0 unspecified atom stereocenters. The zero-order valence-electron chi connectivity index (χ0n) is 16.3. The van der Waals surface area contributed by atoms with Gasteiger partial charge in [-0.15, -0.1) is 5.10 Å². The molecular weight excluding hydrogens is 425 g/mol. The molecular formula is C20H19Cl2N7O. The third-order valence-electron chi connectivity index (χ3n) is 4.15. The average molecular weight is 444 g/mol. The Morgan fingerprint density at radius 3 is 2.80 bits per heavy atom. The largest absolute Gasteiger partial charge is 0.489 e. The number of benzene rings is 1. The zero-order chi connectivity index (χ0) is 21.1. The number of anilines is 1. The van der Waals surface area contributed by atoms with E-state index in [1.807, 2.05) is 38.2 Å². The first-order valence-electron chi connectivity index (χ1n) is 9.26. The molecule has 4 aromatic rings. The summed E-state index contributed by atoms with van der Waals surface area (Å²) < 4.78 is 7.33. The molecule has 0 radical (unpaired) electrons. The number of nitrogens with one attached hydrogen (secondary N) is 2. The summed E-state index contributed by atoms with van der Waals surface area (Å²) in [5, 5.41) is 19.3. The number of halogens is 2. The van der Waals surface area contributed by atoms with Gasteiger partial charge in [0.1, 0.15) is 16.6 Å². The van der Waals surface area contributed by atoms with Gasteiger partial charge in [0, 0.05) is 17.4 Å². The van der Waals surface area contributed by atoms with E-state index >= 15 is 0 Å². The van der Waals surface area contributed by atoms with E-state index in [9.17, 15) is 0 Å². The van der Waals surface area contributed by atoms with Gasteiger partial charge in [0.15, 0.2) is 0 Å². The van der Waals surface area contributed by atoms with Crippen molar-refractivity contribution in [2.45, 2.75) is 26.5 Å². The zero-order valence-corrected chi connectivity index (χ0v) is 17.8. The number of aromatic nitrogens is 6. The van der Waals surface area contributed by atoms with E-state index in [0.29, 0.717) is 22.5 Å². The fourth-order valence-electron chi connectivity index (χ4n) is 2.82. The molecule has 0 aliphatic carbocycles. The molecule has 1 aromatic carbocycles. The first-order valence-corrected chi connectivity index (χ1v) is 10.0. The normalized spacial score (nSPS) is 11.1. The summed E-state index contributed by atoms with van der Waals surface area (Å²) in [7, 11) is 0. The molecule has 0 atom stereocenters. The van der Waals surface area contributed by atoms with Gasteiger partial charge < -0.3 is 10.1 Å². The van der Waals surface area contributed by atoms with Gasteiger partial charge in [-0.2, -0.15) is 5.10 Å². The van der Waals surface area contributed by atoms with Crippen LogP contribution in [0.2, 0.25) is 10.2 Å². The number of hydrogen-bond donors (Lipinski definition) is 2. The minimum atomic E-state index is 0.0492. The summed E-state index contributed by atoms with van der Waals surface area (Å²) in [5.74, 6) is 0.639. The topological polar surface area (TPSA) is 93.5 Å². The van der Waals surface area contributed by atoms with Crippen molar-refractivity contribution < 1.29 is 4.74 Å². The van der Waals surface area contributed by atoms with Crippen LogP contribution in [0.4, 0.5) is 5.69 Å². The van der Waals surface area contributed by atoms with E-state index in [0.717, 1.165) is 28.3 Å². The van der Waals surface area contributed by atoms with Gasteiger partial charge in [-0.3, -0.25) is 5.10 Å². The van der Waals surface area contributed by atoms with Crippen molar-refractivity contribution in [3.05, 3.63) is 64.8 Å². The maximum Gasteiger partial charge on any atom is 0.138 e. The van der Waals surface area contributed by atoms with Gasteiger partial charge in [-0.1, -0.05) is 28.4 Å². The van der Waals surface area contributed by atoms with E-state index < -0.39 is 0 Å². The Morgan fingerprint density at radius 1 is 1.20 bits per heavy atom. The molecule has 0 spiro atoms. The van der Waals surface area contributed by atoms with Crippen LogP contribution in [0, 0.1) is 0 Å². The molecule has 0 saturated heterocycles. The lowest BCUT2D eigenvalue weighted by Crippen LogP contribution is -2.06. The quantitative estimate of drug-likeness (QED) is 0.400. The highest BCUT2D eigenvalue weighted by molar-refractivity contribution is 6.32. The molecule has 0 amide bonds. The summed E-state index contributed by atoms with van der Waals surface area (Å²) in [5.41, 5.74) is 3.95. The van der Waals surface area contributed by atoms with Gasteiger partial charge in [0.2, 0.25) is 0 Å². The summed E-state index contributed by atoms with van der Waals surface area (Å²) in [4.78, 5) is 4.32. The summed E-state index contributed by atoms with van der Waals surface area (Å²) >= 11 is 12.5. The molecule has 0 saturated carbocycles. The highest BCUT2D eigenvalue weighted by Crippen LogP contribution is 2.28. The molecule has 0 fully saturated rings. The maximum absolute atomic E-state index is 6.32. The second-order valence-corrected chi connectivity index (χ2v) is 7.63. The molecule has 3 heterocycles. The van der Waals surface area contributed by atoms with E-state index in [4.69, 9.17) is 27.9 Å². The van der Waals surface area contributed by atoms with E-state index in [1.54, 1.807) is 29.2 Å². The first kappa shape index (κ1) is 20.2. The average Bonchev–Trinajstić information content (AvgIpc) is 3.39. The van der Waals surface area contributed by atoms with Crippen LogP contribution >= 0.6 is 23.2 Å². The molecule has 0 aliphatic rings. The van der Waals surface area contributed by atoms with Crippen LogP contribution in [-0.2, 0) is 6.54 Å². The van der Waals surface area contributed by atoms with Crippen molar-refractivity contribution in [3.63, 3.8) is 0 Å². The van der Waals surface area contributed by atoms with Crippen LogP contribution in [0.1, 0.15) is 19.5 Å². The third kappa shape index (κ3) is 4.72. The molecule has 2 N–H and O–H groups in total. The summed E-state index contributed by atoms with van der Waals surface area (Å²) in [6.45, 7) is 4.37. The first-order chi connectivity index (χ1) is 14.5. The molecule has 30 heavy (non-hydrogen) atoms. The number of nitrogens with zero attached hydrogens (tertiary/aromatic N) is 5. The molecule has 10 heteroatoms. The fourth-order valence-corrected chi connectivity index (χ4v) is 3.25. The number of pyridine rings is 1. The Bertz CT molecular complexity index is 1140. The van der Waals surface area contributed by atoms with Gasteiger partial charge >= 0.3 is 0 Å². The number of ether oxygens (including phenoxy) is 1. The van der Waals surface area contributed by atoms with Crippen molar-refractivity contribution in [2.75, 3.05) is 5.32 Å². The lowest BCUT2D eigenvalue weighted by atomic mass is 10.2. The minimum Gasteiger partial charge on any atom is -0.489 e. The van der Waals surface area contributed by atoms with Crippen LogP contribution in [-0.4, -0.2) is 36.3 Å². The maximum atomic E-state index is 6.32. The highest BCUT2D eigenvalue weighted by Gasteiger charge is 2.09. The van der Waals surface area contributed by atoms with Crippen molar-refractivity contribution in [3.8, 4) is 22.7 Å². The minimum absolute atomic E-state index is 0.0492. The Balaban J connectivity index is 1.46. The van der Waals surface area contributed by atoms with Crippen molar-refractivity contribution in [1.82, 2.24) is 30.2 Å². The summed E-state index contributed by atoms with van der Waals surface area (Å²) in [6.07, 6.45) is 5.34. The molecule has 0 bridgehead atoms. The Kier molecular flexibility index (Phi) is 5.87. The fraction of sp³-hybridized carbons (Fsp3) is 0.200. The van der Waals surface area contributed by atoms with Crippen LogP contribution in [0.5, 0.6) is 5.75 Å². The van der Waals surface area contributed by atoms with Crippen molar-refractivity contribution >= 4 is 28.9 Å². The number of rotatable bonds is 7. The van der Waals surface area contributed by atoms with Gasteiger partial charge in [0.05, 0.1) is 41.4 Å². The van der Waals surface area contributed by atoms with E-state index in [-0.39, 0.29) is 6.10 Å². The van der Waals surface area contributed by atoms with E-state index in [2.05, 4.69) is 30.8 Å². The van der Waals surface area contributed by atoms with Crippen LogP contribution in [0.25, 0.3) is 16.9 Å². The standard InChI is InChI=1S/C20H19Cl2N7O/c1-12(2)30-19-4-3-16(7-17(19)21)29-11-15(27-28-29)10-23-14-5-18(26-20(22)6-14)13-8-24-25-9-13/h3-9,11-12H,10H2,1-2H3,(H,23,26)(H,24,25). The number of H-pyrrole nitrogens is 1. The SMILES string of the molecule is CC(C)Oc1ccc(-n2cc(CNc3cc(Cl)nc(-c4cn[nH]c4)c3)nn2)cc1Cl. The molecule has 3 aromatic heterocycles. The van der Waals surface area contributed by atoms with Crippen molar-refractivity contribution in [1.29, 1.82) is 0 Å². The highest BCUT2D eigenvalue weighted by atomic mass is 35.5. The second-order valence-electron chi connectivity index (χ2n) is 6.84. The van der Waals surface area contributed by atoms with Crippen LogP contribution in [0.3, 0.4) is 0 Å². The Morgan fingerprint density at radius 2 is 2.07 bits per heavy atom. The molecule has 8 nitrogen and oxygen atoms in total. The second kappa shape index (κ2) is 8.73.